The number of carbonyl (C=O) groups excluding carboxylic acids is 1. The first-order valence-corrected chi connectivity index (χ1v) is 6.26. The van der Waals surface area contributed by atoms with E-state index in [-0.39, 0.29) is 23.0 Å². The zero-order valence-electron chi connectivity index (χ0n) is 10.8. The quantitative estimate of drug-likeness (QED) is 0.778. The zero-order chi connectivity index (χ0) is 12.0. The van der Waals surface area contributed by atoms with Crippen molar-refractivity contribution in [1.82, 2.24) is 5.32 Å². The molecule has 2 saturated heterocycles. The van der Waals surface area contributed by atoms with Gasteiger partial charge in [-0.3, -0.25) is 4.79 Å². The fraction of sp³-hybridized carbons (Fsp3) is 0.923. The Labute approximate surface area is 97.9 Å². The van der Waals surface area contributed by atoms with Gasteiger partial charge in [-0.2, -0.15) is 0 Å². The summed E-state index contributed by atoms with van der Waals surface area (Å²) < 4.78 is 5.99. The number of ketones is 1. The third-order valence-corrected chi connectivity index (χ3v) is 3.88. The van der Waals surface area contributed by atoms with Crippen molar-refractivity contribution in [3.63, 3.8) is 0 Å². The van der Waals surface area contributed by atoms with E-state index in [1.165, 1.54) is 0 Å². The number of ether oxygens (including phenoxy) is 1. The molecule has 2 heterocycles. The third-order valence-electron chi connectivity index (χ3n) is 3.88. The highest BCUT2D eigenvalue weighted by molar-refractivity contribution is 5.85. The summed E-state index contributed by atoms with van der Waals surface area (Å²) in [7, 11) is 0. The highest BCUT2D eigenvalue weighted by atomic mass is 16.5. The normalized spacial score (nSPS) is 36.5. The number of nitrogens with one attached hydrogen (secondary N) is 1. The lowest BCUT2D eigenvalue weighted by molar-refractivity contribution is -0.132. The molecule has 0 amide bonds. The topological polar surface area (TPSA) is 38.3 Å². The highest BCUT2D eigenvalue weighted by Crippen LogP contribution is 2.43. The van der Waals surface area contributed by atoms with Gasteiger partial charge in [0.2, 0.25) is 0 Å². The van der Waals surface area contributed by atoms with Crippen LogP contribution in [0.3, 0.4) is 0 Å². The van der Waals surface area contributed by atoms with Crippen molar-refractivity contribution in [3.05, 3.63) is 0 Å². The minimum absolute atomic E-state index is 0.0624. The van der Waals surface area contributed by atoms with Crippen molar-refractivity contribution in [3.8, 4) is 0 Å². The van der Waals surface area contributed by atoms with Crippen LogP contribution in [0.2, 0.25) is 0 Å². The van der Waals surface area contributed by atoms with Crippen LogP contribution >= 0.6 is 0 Å². The summed E-state index contributed by atoms with van der Waals surface area (Å²) in [5.74, 6) is 0.676. The lowest BCUT2D eigenvalue weighted by atomic mass is 9.79. The van der Waals surface area contributed by atoms with Gasteiger partial charge in [-0.25, -0.2) is 0 Å². The van der Waals surface area contributed by atoms with Crippen molar-refractivity contribution in [1.29, 1.82) is 0 Å². The van der Waals surface area contributed by atoms with Gasteiger partial charge in [0.15, 0.2) is 0 Å². The van der Waals surface area contributed by atoms with Gasteiger partial charge >= 0.3 is 0 Å². The van der Waals surface area contributed by atoms with Gasteiger partial charge in [-0.15, -0.1) is 0 Å². The summed E-state index contributed by atoms with van der Waals surface area (Å²) in [5.41, 5.74) is -0.459. The van der Waals surface area contributed by atoms with Crippen LogP contribution in [0.25, 0.3) is 0 Å². The summed E-state index contributed by atoms with van der Waals surface area (Å²) in [4.78, 5) is 12.4. The maximum absolute atomic E-state index is 12.4. The number of Topliss-reactive ketones (excluding diaryl/α,β-unsaturated/α-hetero) is 1. The molecule has 2 aliphatic rings. The van der Waals surface area contributed by atoms with Crippen LogP contribution in [-0.2, 0) is 9.53 Å². The van der Waals surface area contributed by atoms with Crippen molar-refractivity contribution in [2.24, 2.45) is 11.8 Å². The van der Waals surface area contributed by atoms with Gasteiger partial charge in [0.1, 0.15) is 5.78 Å². The van der Waals surface area contributed by atoms with Gasteiger partial charge in [0.05, 0.1) is 11.2 Å². The van der Waals surface area contributed by atoms with Crippen molar-refractivity contribution in [2.45, 2.75) is 51.7 Å². The first-order chi connectivity index (χ1) is 7.32. The molecule has 1 N–H and O–H groups in total. The predicted molar refractivity (Wildman–Crippen MR) is 63.3 cm³/mol. The van der Waals surface area contributed by atoms with Gasteiger partial charge in [0, 0.05) is 18.4 Å². The van der Waals surface area contributed by atoms with Gasteiger partial charge in [-0.1, -0.05) is 0 Å². The molecule has 0 aromatic rings. The fourth-order valence-electron chi connectivity index (χ4n) is 3.19. The molecule has 3 heteroatoms. The minimum Gasteiger partial charge on any atom is -0.369 e. The maximum Gasteiger partial charge on any atom is 0.143 e. The number of hydrogen-bond donors (Lipinski definition) is 1. The summed E-state index contributed by atoms with van der Waals surface area (Å²) in [6.45, 7) is 10.1. The van der Waals surface area contributed by atoms with Gasteiger partial charge in [0.25, 0.3) is 0 Å². The van der Waals surface area contributed by atoms with E-state index in [0.717, 1.165) is 25.9 Å². The Balaban J connectivity index is 2.11. The van der Waals surface area contributed by atoms with Crippen molar-refractivity contribution < 1.29 is 9.53 Å². The Morgan fingerprint density at radius 2 is 2.00 bits per heavy atom. The van der Waals surface area contributed by atoms with E-state index in [1.807, 2.05) is 13.8 Å². The van der Waals surface area contributed by atoms with Crippen LogP contribution in [0.1, 0.15) is 40.5 Å². The number of rotatable bonds is 2. The molecule has 2 atom stereocenters. The second kappa shape index (κ2) is 3.81. The second-order valence-electron chi connectivity index (χ2n) is 6.31. The Kier molecular flexibility index (Phi) is 2.87. The largest absolute Gasteiger partial charge is 0.369 e. The number of carbonyl (C=O) groups is 1. The van der Waals surface area contributed by atoms with E-state index in [4.69, 9.17) is 4.74 Å². The number of hydrogen-bond acceptors (Lipinski definition) is 3. The molecule has 0 aromatic carbocycles. The zero-order valence-corrected chi connectivity index (χ0v) is 10.8. The molecule has 0 radical (unpaired) electrons. The summed E-state index contributed by atoms with van der Waals surface area (Å²) in [6, 6.07) is 0. The molecule has 0 spiro atoms. The van der Waals surface area contributed by atoms with Gasteiger partial charge < -0.3 is 10.1 Å². The second-order valence-corrected chi connectivity index (χ2v) is 6.31. The molecule has 92 valence electrons. The Morgan fingerprint density at radius 1 is 1.31 bits per heavy atom. The van der Waals surface area contributed by atoms with Crippen LogP contribution in [0.4, 0.5) is 0 Å². The van der Waals surface area contributed by atoms with Crippen molar-refractivity contribution >= 4 is 5.78 Å². The molecule has 2 unspecified atom stereocenters. The molecule has 2 rings (SSSR count). The molecule has 16 heavy (non-hydrogen) atoms. The van der Waals surface area contributed by atoms with Crippen LogP contribution in [0.5, 0.6) is 0 Å². The molecule has 0 aromatic heterocycles. The van der Waals surface area contributed by atoms with E-state index in [0.29, 0.717) is 5.78 Å². The molecular formula is C13H23NO2. The smallest absolute Gasteiger partial charge is 0.143 e. The first kappa shape index (κ1) is 12.1. The molecular weight excluding hydrogens is 202 g/mol. The van der Waals surface area contributed by atoms with Crippen LogP contribution in [0, 0.1) is 11.8 Å². The molecule has 0 bridgehead atoms. The van der Waals surface area contributed by atoms with E-state index < -0.39 is 0 Å². The first-order valence-electron chi connectivity index (χ1n) is 6.26. The Hall–Kier alpha value is -0.410. The summed E-state index contributed by atoms with van der Waals surface area (Å²) >= 11 is 0. The van der Waals surface area contributed by atoms with E-state index >= 15 is 0 Å². The maximum atomic E-state index is 12.4. The van der Waals surface area contributed by atoms with E-state index in [1.54, 1.807) is 0 Å². The van der Waals surface area contributed by atoms with E-state index in [9.17, 15) is 4.79 Å². The van der Waals surface area contributed by atoms with Crippen LogP contribution in [-0.4, -0.2) is 30.1 Å². The lowest BCUT2D eigenvalue weighted by Gasteiger charge is -2.27. The Morgan fingerprint density at radius 3 is 2.44 bits per heavy atom. The molecule has 2 aliphatic heterocycles. The van der Waals surface area contributed by atoms with Crippen molar-refractivity contribution in [2.75, 3.05) is 13.1 Å². The average Bonchev–Trinajstić information content (AvgIpc) is 2.69. The van der Waals surface area contributed by atoms with Crippen LogP contribution in [0.15, 0.2) is 0 Å². The third kappa shape index (κ3) is 2.16. The molecule has 0 aliphatic carbocycles. The molecule has 0 saturated carbocycles. The molecule has 2 fully saturated rings. The summed E-state index contributed by atoms with van der Waals surface area (Å²) in [5, 5.41) is 3.26. The monoisotopic (exact) mass is 225 g/mol. The highest BCUT2D eigenvalue weighted by Gasteiger charge is 2.50. The van der Waals surface area contributed by atoms with Crippen LogP contribution < -0.4 is 5.32 Å². The predicted octanol–water partition coefficient (Wildman–Crippen LogP) is 1.76. The van der Waals surface area contributed by atoms with E-state index in [2.05, 4.69) is 19.2 Å². The average molecular weight is 225 g/mol. The van der Waals surface area contributed by atoms with Gasteiger partial charge in [-0.05, 0) is 47.1 Å². The fourth-order valence-corrected chi connectivity index (χ4v) is 3.19. The minimum atomic E-state index is -0.302. The Bertz CT molecular complexity index is 290. The summed E-state index contributed by atoms with van der Waals surface area (Å²) in [6.07, 6.45) is 1.85. The standard InChI is InChI=1S/C13H23NO2/c1-12(2)7-10(13(3,4)16-12)11(15)9-5-6-14-8-9/h9-10,14H,5-8H2,1-4H3. The molecule has 3 nitrogen and oxygen atoms in total. The lowest BCUT2D eigenvalue weighted by Crippen LogP contribution is -2.37. The SMILES string of the molecule is CC1(C)CC(C(=O)C2CCNC2)C(C)(C)O1.